The fourth-order valence-corrected chi connectivity index (χ4v) is 3.99. The van der Waals surface area contributed by atoms with Crippen molar-refractivity contribution >= 4 is 5.96 Å². The zero-order chi connectivity index (χ0) is 12.5. The molecule has 102 valence electrons. The molecule has 0 aromatic rings. The van der Waals surface area contributed by atoms with Crippen LogP contribution in [0.3, 0.4) is 0 Å². The first-order chi connectivity index (χ1) is 8.78. The number of hydrogen-bond acceptors (Lipinski definition) is 3. The molecule has 3 aliphatic rings. The van der Waals surface area contributed by atoms with Gasteiger partial charge in [0.15, 0.2) is 5.96 Å². The van der Waals surface area contributed by atoms with Crippen LogP contribution in [-0.4, -0.2) is 35.0 Å². The van der Waals surface area contributed by atoms with Gasteiger partial charge in [-0.3, -0.25) is 0 Å². The van der Waals surface area contributed by atoms with Crippen molar-refractivity contribution in [2.45, 2.75) is 89.4 Å². The SMILES string of the molecule is CCCCC[C@H]1C[C@H]2CC[C@H]3C[C@@H](C)NC(=N1)N23. The summed E-state index contributed by atoms with van der Waals surface area (Å²) in [6.45, 7) is 4.58. The number of nitrogens with zero attached hydrogens (tertiary/aromatic N) is 2. The second kappa shape index (κ2) is 5.10. The summed E-state index contributed by atoms with van der Waals surface area (Å²) < 4.78 is 0. The van der Waals surface area contributed by atoms with E-state index in [1.165, 1.54) is 57.3 Å². The second-order valence-electron chi connectivity index (χ2n) is 6.41. The molecule has 3 heteroatoms. The molecular formula is C15H27N3. The zero-order valence-corrected chi connectivity index (χ0v) is 11.9. The van der Waals surface area contributed by atoms with Gasteiger partial charge in [0.2, 0.25) is 0 Å². The third-order valence-electron chi connectivity index (χ3n) is 4.86. The van der Waals surface area contributed by atoms with Gasteiger partial charge in [0.05, 0.1) is 6.04 Å². The minimum atomic E-state index is 0.587. The molecule has 0 aromatic heterocycles. The predicted molar refractivity (Wildman–Crippen MR) is 75.8 cm³/mol. The van der Waals surface area contributed by atoms with Crippen LogP contribution in [0.4, 0.5) is 0 Å². The highest BCUT2D eigenvalue weighted by Crippen LogP contribution is 2.36. The van der Waals surface area contributed by atoms with Gasteiger partial charge in [0, 0.05) is 18.1 Å². The van der Waals surface area contributed by atoms with Crippen LogP contribution in [0, 0.1) is 0 Å². The lowest BCUT2D eigenvalue weighted by atomic mass is 9.98. The Balaban J connectivity index is 1.69. The summed E-state index contributed by atoms with van der Waals surface area (Å²) in [6.07, 6.45) is 10.7. The van der Waals surface area contributed by atoms with E-state index in [2.05, 4.69) is 24.1 Å². The maximum absolute atomic E-state index is 5.00. The molecule has 1 N–H and O–H groups in total. The molecule has 3 nitrogen and oxygen atoms in total. The Labute approximate surface area is 111 Å². The van der Waals surface area contributed by atoms with Crippen LogP contribution in [0.2, 0.25) is 0 Å². The average Bonchev–Trinajstić information content (AvgIpc) is 2.73. The molecule has 0 aromatic carbocycles. The Kier molecular flexibility index (Phi) is 3.49. The molecule has 0 saturated carbocycles. The van der Waals surface area contributed by atoms with Crippen molar-refractivity contribution in [1.29, 1.82) is 0 Å². The molecule has 4 atom stereocenters. The Hall–Kier alpha value is -0.730. The third kappa shape index (κ3) is 2.24. The Bertz CT molecular complexity index is 326. The number of guanidine groups is 1. The summed E-state index contributed by atoms with van der Waals surface area (Å²) in [5.41, 5.74) is 0. The molecule has 0 amide bonds. The lowest BCUT2D eigenvalue weighted by molar-refractivity contribution is 0.209. The topological polar surface area (TPSA) is 27.6 Å². The summed E-state index contributed by atoms with van der Waals surface area (Å²) >= 11 is 0. The normalized spacial score (nSPS) is 38.1. The standard InChI is InChI=1S/C15H27N3/c1-3-4-5-6-12-10-14-8-7-13-9-11(2)16-15(17-12)18(13)14/h11-14H,3-10H2,1-2H3,(H,16,17)/t11-,12+,13+,14-/m1/s1. The van der Waals surface area contributed by atoms with Crippen molar-refractivity contribution in [2.75, 3.05) is 0 Å². The van der Waals surface area contributed by atoms with Crippen LogP contribution in [0.5, 0.6) is 0 Å². The van der Waals surface area contributed by atoms with Gasteiger partial charge in [-0.1, -0.05) is 26.2 Å². The van der Waals surface area contributed by atoms with Gasteiger partial charge in [-0.2, -0.15) is 0 Å². The highest BCUT2D eigenvalue weighted by Gasteiger charge is 2.43. The fourth-order valence-electron chi connectivity index (χ4n) is 3.99. The van der Waals surface area contributed by atoms with Crippen LogP contribution in [0.15, 0.2) is 4.99 Å². The first-order valence-corrected chi connectivity index (χ1v) is 7.90. The maximum atomic E-state index is 5.00. The lowest BCUT2D eigenvalue weighted by Gasteiger charge is -2.44. The smallest absolute Gasteiger partial charge is 0.194 e. The van der Waals surface area contributed by atoms with E-state index in [4.69, 9.17) is 4.99 Å². The molecule has 3 rings (SSSR count). The van der Waals surface area contributed by atoms with Gasteiger partial charge in [-0.25, -0.2) is 4.99 Å². The number of nitrogens with one attached hydrogen (secondary N) is 1. The highest BCUT2D eigenvalue weighted by atomic mass is 15.4. The summed E-state index contributed by atoms with van der Waals surface area (Å²) in [5.74, 6) is 1.23. The van der Waals surface area contributed by atoms with E-state index in [-0.39, 0.29) is 0 Å². The maximum Gasteiger partial charge on any atom is 0.194 e. The van der Waals surface area contributed by atoms with Crippen molar-refractivity contribution < 1.29 is 0 Å². The Morgan fingerprint density at radius 1 is 1.22 bits per heavy atom. The largest absolute Gasteiger partial charge is 0.354 e. The molecule has 3 heterocycles. The number of unbranched alkanes of at least 4 members (excludes halogenated alkanes) is 2. The van der Waals surface area contributed by atoms with E-state index in [9.17, 15) is 0 Å². The number of hydrogen-bond donors (Lipinski definition) is 1. The molecule has 0 unspecified atom stereocenters. The van der Waals surface area contributed by atoms with Gasteiger partial charge in [0.25, 0.3) is 0 Å². The first-order valence-electron chi connectivity index (χ1n) is 7.90. The van der Waals surface area contributed by atoms with Crippen molar-refractivity contribution in [3.8, 4) is 0 Å². The summed E-state index contributed by atoms with van der Waals surface area (Å²) in [7, 11) is 0. The Morgan fingerprint density at radius 2 is 2.00 bits per heavy atom. The van der Waals surface area contributed by atoms with Crippen molar-refractivity contribution in [2.24, 2.45) is 4.99 Å². The summed E-state index contributed by atoms with van der Waals surface area (Å²) in [5, 5.41) is 3.62. The molecule has 2 fully saturated rings. The average molecular weight is 249 g/mol. The van der Waals surface area contributed by atoms with E-state index in [1.54, 1.807) is 0 Å². The Morgan fingerprint density at radius 3 is 2.78 bits per heavy atom. The minimum Gasteiger partial charge on any atom is -0.354 e. The van der Waals surface area contributed by atoms with E-state index in [0.29, 0.717) is 12.1 Å². The number of aliphatic imine (C=N–C) groups is 1. The molecule has 0 radical (unpaired) electrons. The van der Waals surface area contributed by atoms with Gasteiger partial charge < -0.3 is 10.2 Å². The van der Waals surface area contributed by atoms with E-state index in [0.717, 1.165) is 12.1 Å². The molecule has 0 bridgehead atoms. The van der Waals surface area contributed by atoms with Gasteiger partial charge >= 0.3 is 0 Å². The monoisotopic (exact) mass is 249 g/mol. The van der Waals surface area contributed by atoms with Crippen LogP contribution >= 0.6 is 0 Å². The second-order valence-corrected chi connectivity index (χ2v) is 6.41. The van der Waals surface area contributed by atoms with Crippen LogP contribution < -0.4 is 5.32 Å². The molecule has 18 heavy (non-hydrogen) atoms. The fraction of sp³-hybridized carbons (Fsp3) is 0.933. The lowest BCUT2D eigenvalue weighted by Crippen LogP contribution is -2.59. The van der Waals surface area contributed by atoms with Crippen molar-refractivity contribution in [3.63, 3.8) is 0 Å². The molecular weight excluding hydrogens is 222 g/mol. The minimum absolute atomic E-state index is 0.587. The van der Waals surface area contributed by atoms with Gasteiger partial charge in [-0.05, 0) is 39.0 Å². The van der Waals surface area contributed by atoms with Crippen LogP contribution in [0.1, 0.15) is 65.2 Å². The zero-order valence-electron chi connectivity index (χ0n) is 11.9. The van der Waals surface area contributed by atoms with Gasteiger partial charge in [-0.15, -0.1) is 0 Å². The molecule has 0 spiro atoms. The van der Waals surface area contributed by atoms with Crippen LogP contribution in [-0.2, 0) is 0 Å². The molecule has 3 aliphatic heterocycles. The summed E-state index contributed by atoms with van der Waals surface area (Å²) in [4.78, 5) is 7.61. The predicted octanol–water partition coefficient (Wildman–Crippen LogP) is 2.91. The van der Waals surface area contributed by atoms with Crippen LogP contribution in [0.25, 0.3) is 0 Å². The first kappa shape index (κ1) is 12.3. The van der Waals surface area contributed by atoms with E-state index >= 15 is 0 Å². The summed E-state index contributed by atoms with van der Waals surface area (Å²) in [6, 6.07) is 2.76. The van der Waals surface area contributed by atoms with Crippen molar-refractivity contribution in [3.05, 3.63) is 0 Å². The van der Waals surface area contributed by atoms with Gasteiger partial charge in [0.1, 0.15) is 0 Å². The van der Waals surface area contributed by atoms with E-state index < -0.39 is 0 Å². The quantitative estimate of drug-likeness (QED) is 0.776. The molecule has 0 aliphatic carbocycles. The molecule has 2 saturated heterocycles. The van der Waals surface area contributed by atoms with E-state index in [1.807, 2.05) is 0 Å². The highest BCUT2D eigenvalue weighted by molar-refractivity contribution is 5.83. The third-order valence-corrected chi connectivity index (χ3v) is 4.86. The number of rotatable bonds is 4. The van der Waals surface area contributed by atoms with Crippen molar-refractivity contribution in [1.82, 2.24) is 10.2 Å².